The van der Waals surface area contributed by atoms with Crippen LogP contribution in [-0.2, 0) is 11.2 Å². The number of nitro benzene ring substituents is 1. The van der Waals surface area contributed by atoms with E-state index in [1.54, 1.807) is 30.3 Å². The van der Waals surface area contributed by atoms with Crippen LogP contribution < -0.4 is 5.43 Å². The molecule has 0 bridgehead atoms. The topological polar surface area (TPSA) is 135 Å². The Labute approximate surface area is 164 Å². The molecule has 0 saturated carbocycles. The van der Waals surface area contributed by atoms with Crippen molar-refractivity contribution in [3.8, 4) is 11.3 Å². The van der Waals surface area contributed by atoms with Gasteiger partial charge in [0.25, 0.3) is 5.69 Å². The zero-order valence-electron chi connectivity index (χ0n) is 14.9. The standard InChI is InChI=1S/C20H15N3O6/c24-19(11-15-3-1-2-4-17(15)23(27)28)22-21-12-16-9-10-18(29-16)13-5-7-14(8-6-13)20(25)26/h1-10,12H,11H2,(H,22,24)(H,25,26)/b21-12+. The minimum absolute atomic E-state index is 0.128. The molecule has 0 fully saturated rings. The van der Waals surface area contributed by atoms with E-state index in [1.807, 2.05) is 0 Å². The predicted molar refractivity (Wildman–Crippen MR) is 104 cm³/mol. The highest BCUT2D eigenvalue weighted by molar-refractivity contribution is 5.88. The summed E-state index contributed by atoms with van der Waals surface area (Å²) >= 11 is 0. The third-order valence-corrected chi connectivity index (χ3v) is 3.96. The molecule has 0 aliphatic heterocycles. The Morgan fingerprint density at radius 2 is 1.83 bits per heavy atom. The van der Waals surface area contributed by atoms with Gasteiger partial charge < -0.3 is 9.52 Å². The van der Waals surface area contributed by atoms with Crippen LogP contribution in [0.25, 0.3) is 11.3 Å². The SMILES string of the molecule is O=C(Cc1ccccc1[N+](=O)[O-])N/N=C/c1ccc(-c2ccc(C(=O)O)cc2)o1. The van der Waals surface area contributed by atoms with Crippen molar-refractivity contribution in [3.63, 3.8) is 0 Å². The van der Waals surface area contributed by atoms with Crippen LogP contribution in [0.3, 0.4) is 0 Å². The van der Waals surface area contributed by atoms with Crippen LogP contribution in [0.15, 0.2) is 70.2 Å². The molecule has 0 atom stereocenters. The fourth-order valence-corrected chi connectivity index (χ4v) is 2.57. The maximum Gasteiger partial charge on any atom is 0.335 e. The van der Waals surface area contributed by atoms with E-state index in [4.69, 9.17) is 9.52 Å². The molecule has 0 aliphatic rings. The second kappa shape index (κ2) is 8.61. The highest BCUT2D eigenvalue weighted by Crippen LogP contribution is 2.22. The van der Waals surface area contributed by atoms with Crippen molar-refractivity contribution in [1.29, 1.82) is 0 Å². The number of nitrogens with one attached hydrogen (secondary N) is 1. The molecule has 1 amide bonds. The molecule has 0 spiro atoms. The Bertz CT molecular complexity index is 1090. The number of nitrogens with zero attached hydrogens (tertiary/aromatic N) is 2. The number of carbonyl (C=O) groups is 2. The molecule has 1 heterocycles. The van der Waals surface area contributed by atoms with E-state index in [9.17, 15) is 19.7 Å². The third-order valence-electron chi connectivity index (χ3n) is 3.96. The van der Waals surface area contributed by atoms with Crippen molar-refractivity contribution in [3.05, 3.63) is 87.7 Å². The molecule has 3 rings (SSSR count). The predicted octanol–water partition coefficient (Wildman–Crippen LogP) is 3.25. The quantitative estimate of drug-likeness (QED) is 0.359. The maximum absolute atomic E-state index is 12.0. The Morgan fingerprint density at radius 3 is 2.52 bits per heavy atom. The van der Waals surface area contributed by atoms with E-state index < -0.39 is 16.8 Å². The van der Waals surface area contributed by atoms with Gasteiger partial charge in [0, 0.05) is 17.2 Å². The van der Waals surface area contributed by atoms with Crippen LogP contribution in [-0.4, -0.2) is 28.1 Å². The first-order valence-corrected chi connectivity index (χ1v) is 8.42. The molecule has 0 unspecified atom stereocenters. The lowest BCUT2D eigenvalue weighted by molar-refractivity contribution is -0.385. The van der Waals surface area contributed by atoms with Gasteiger partial charge in [-0.3, -0.25) is 14.9 Å². The maximum atomic E-state index is 12.0. The number of hydrogen-bond acceptors (Lipinski definition) is 6. The molecule has 1 aromatic heterocycles. The first kappa shape index (κ1) is 19.5. The minimum atomic E-state index is -1.01. The Balaban J connectivity index is 1.61. The fraction of sp³-hybridized carbons (Fsp3) is 0.0500. The molecular weight excluding hydrogens is 378 g/mol. The summed E-state index contributed by atoms with van der Waals surface area (Å²) in [4.78, 5) is 33.3. The molecule has 2 aromatic carbocycles. The summed E-state index contributed by atoms with van der Waals surface area (Å²) < 4.78 is 5.58. The summed E-state index contributed by atoms with van der Waals surface area (Å²) in [6, 6.07) is 15.5. The molecule has 2 N–H and O–H groups in total. The average molecular weight is 393 g/mol. The number of hydrogen-bond donors (Lipinski definition) is 2. The lowest BCUT2D eigenvalue weighted by atomic mass is 10.1. The number of hydrazone groups is 1. The van der Waals surface area contributed by atoms with Crippen molar-refractivity contribution >= 4 is 23.8 Å². The minimum Gasteiger partial charge on any atom is -0.478 e. The highest BCUT2D eigenvalue weighted by atomic mass is 16.6. The molecule has 9 nitrogen and oxygen atoms in total. The molecule has 0 radical (unpaired) electrons. The van der Waals surface area contributed by atoms with Gasteiger partial charge in [0.05, 0.1) is 23.1 Å². The summed E-state index contributed by atoms with van der Waals surface area (Å²) in [6.45, 7) is 0. The zero-order chi connectivity index (χ0) is 20.8. The molecule has 0 saturated heterocycles. The van der Waals surface area contributed by atoms with Gasteiger partial charge in [0.2, 0.25) is 5.91 Å². The number of amides is 1. The van der Waals surface area contributed by atoms with Gasteiger partial charge in [0.15, 0.2) is 0 Å². The number of furan rings is 1. The lowest BCUT2D eigenvalue weighted by Crippen LogP contribution is -2.20. The monoisotopic (exact) mass is 393 g/mol. The first-order chi connectivity index (χ1) is 13.9. The molecular formula is C20H15N3O6. The van der Waals surface area contributed by atoms with Crippen LogP contribution in [0.5, 0.6) is 0 Å². The number of aromatic carboxylic acids is 1. The summed E-state index contributed by atoms with van der Waals surface area (Å²) in [5.74, 6) is -0.644. The average Bonchev–Trinajstić information content (AvgIpc) is 3.17. The van der Waals surface area contributed by atoms with E-state index in [0.29, 0.717) is 17.1 Å². The van der Waals surface area contributed by atoms with Crippen LogP contribution in [0.4, 0.5) is 5.69 Å². The van der Waals surface area contributed by atoms with Gasteiger partial charge >= 0.3 is 5.97 Å². The number of benzene rings is 2. The molecule has 29 heavy (non-hydrogen) atoms. The van der Waals surface area contributed by atoms with E-state index in [2.05, 4.69) is 10.5 Å². The lowest BCUT2D eigenvalue weighted by Gasteiger charge is -2.01. The number of para-hydroxylation sites is 1. The molecule has 146 valence electrons. The summed E-state index contributed by atoms with van der Waals surface area (Å²) in [7, 11) is 0. The number of carboxylic acids is 1. The molecule has 0 aliphatic carbocycles. The fourth-order valence-electron chi connectivity index (χ4n) is 2.57. The van der Waals surface area contributed by atoms with Gasteiger partial charge in [-0.05, 0) is 24.3 Å². The first-order valence-electron chi connectivity index (χ1n) is 8.42. The van der Waals surface area contributed by atoms with Crippen molar-refractivity contribution in [2.45, 2.75) is 6.42 Å². The van der Waals surface area contributed by atoms with Gasteiger partial charge in [-0.2, -0.15) is 5.10 Å². The largest absolute Gasteiger partial charge is 0.478 e. The second-order valence-corrected chi connectivity index (χ2v) is 5.94. The van der Waals surface area contributed by atoms with Crippen molar-refractivity contribution in [2.75, 3.05) is 0 Å². The van der Waals surface area contributed by atoms with E-state index in [0.717, 1.165) is 0 Å². The zero-order valence-corrected chi connectivity index (χ0v) is 14.9. The third kappa shape index (κ3) is 4.92. The molecule has 3 aromatic rings. The van der Waals surface area contributed by atoms with Crippen LogP contribution in [0, 0.1) is 10.1 Å². The smallest absolute Gasteiger partial charge is 0.335 e. The molecule has 9 heteroatoms. The highest BCUT2D eigenvalue weighted by Gasteiger charge is 2.15. The van der Waals surface area contributed by atoms with Gasteiger partial charge in [0.1, 0.15) is 11.5 Å². The van der Waals surface area contributed by atoms with Crippen LogP contribution in [0.1, 0.15) is 21.7 Å². The normalized spacial score (nSPS) is 10.8. The Morgan fingerprint density at radius 1 is 1.10 bits per heavy atom. The summed E-state index contributed by atoms with van der Waals surface area (Å²) in [5.41, 5.74) is 3.32. The van der Waals surface area contributed by atoms with E-state index in [-0.39, 0.29) is 23.2 Å². The number of nitro groups is 1. The number of rotatable bonds is 7. The van der Waals surface area contributed by atoms with Crippen molar-refractivity contribution in [1.82, 2.24) is 5.43 Å². The van der Waals surface area contributed by atoms with Gasteiger partial charge in [-0.25, -0.2) is 10.2 Å². The number of carboxylic acid groups (broad SMARTS) is 1. The Hall–Kier alpha value is -4.27. The number of carbonyl (C=O) groups excluding carboxylic acids is 1. The van der Waals surface area contributed by atoms with E-state index in [1.165, 1.54) is 36.5 Å². The van der Waals surface area contributed by atoms with Crippen LogP contribution >= 0.6 is 0 Å². The van der Waals surface area contributed by atoms with Gasteiger partial charge in [-0.1, -0.05) is 30.3 Å². The van der Waals surface area contributed by atoms with Gasteiger partial charge in [-0.15, -0.1) is 0 Å². The van der Waals surface area contributed by atoms with Crippen LogP contribution in [0.2, 0.25) is 0 Å². The van der Waals surface area contributed by atoms with Crippen molar-refractivity contribution in [2.24, 2.45) is 5.10 Å². The Kier molecular flexibility index (Phi) is 5.79. The summed E-state index contributed by atoms with van der Waals surface area (Å²) in [5, 5.41) is 23.7. The second-order valence-electron chi connectivity index (χ2n) is 5.94. The van der Waals surface area contributed by atoms with E-state index >= 15 is 0 Å². The summed E-state index contributed by atoms with van der Waals surface area (Å²) in [6.07, 6.45) is 1.11. The van der Waals surface area contributed by atoms with Crippen molar-refractivity contribution < 1.29 is 24.0 Å².